The zero-order valence-corrected chi connectivity index (χ0v) is 16.5. The minimum absolute atomic E-state index is 0.0835. The Kier molecular flexibility index (Phi) is 6.36. The second-order valence-electron chi connectivity index (χ2n) is 6.41. The lowest BCUT2D eigenvalue weighted by atomic mass is 10.1. The summed E-state index contributed by atoms with van der Waals surface area (Å²) < 4.78 is 0. The van der Waals surface area contributed by atoms with Crippen LogP contribution in [0.4, 0.5) is 11.4 Å². The van der Waals surface area contributed by atoms with Crippen LogP contribution in [0.1, 0.15) is 21.5 Å². The van der Waals surface area contributed by atoms with Crippen LogP contribution in [0.25, 0.3) is 0 Å². The number of carbonyl (C=O) groups is 1. The van der Waals surface area contributed by atoms with Crippen LogP contribution in [0.2, 0.25) is 5.02 Å². The number of nitrogens with one attached hydrogen (secondary N) is 1. The Bertz CT molecular complexity index is 869. The molecule has 1 aliphatic rings. The van der Waals surface area contributed by atoms with E-state index < -0.39 is 10.8 Å². The van der Waals surface area contributed by atoms with Crippen LogP contribution in [0.3, 0.4) is 0 Å². The third kappa shape index (κ3) is 5.00. The average Bonchev–Trinajstić information content (AvgIpc) is 2.65. The van der Waals surface area contributed by atoms with Gasteiger partial charge in [0.2, 0.25) is 0 Å². The summed E-state index contributed by atoms with van der Waals surface area (Å²) in [6, 6.07) is 9.76. The van der Waals surface area contributed by atoms with Gasteiger partial charge < -0.3 is 5.32 Å². The summed E-state index contributed by atoms with van der Waals surface area (Å²) in [5.74, 6) is 1.86. The van der Waals surface area contributed by atoms with Gasteiger partial charge in [-0.3, -0.25) is 19.8 Å². The van der Waals surface area contributed by atoms with Crippen LogP contribution in [0, 0.1) is 17.0 Å². The topological polar surface area (TPSA) is 75.5 Å². The van der Waals surface area contributed by atoms with E-state index in [0.717, 1.165) is 36.7 Å². The van der Waals surface area contributed by atoms with Crippen molar-refractivity contribution >= 4 is 40.6 Å². The number of carbonyl (C=O) groups excluding carboxylic acids is 1. The first-order chi connectivity index (χ1) is 12.9. The summed E-state index contributed by atoms with van der Waals surface area (Å²) in [5, 5.41) is 13.9. The molecule has 2 aromatic rings. The molecule has 1 amide bonds. The predicted octanol–water partition coefficient (Wildman–Crippen LogP) is 4.36. The maximum Gasteiger partial charge on any atom is 0.270 e. The third-order valence-corrected chi connectivity index (χ3v) is 5.73. The second kappa shape index (κ2) is 8.73. The first kappa shape index (κ1) is 19.7. The van der Waals surface area contributed by atoms with Gasteiger partial charge >= 0.3 is 0 Å². The van der Waals surface area contributed by atoms with Crippen molar-refractivity contribution in [3.05, 3.63) is 68.2 Å². The molecule has 3 rings (SSSR count). The van der Waals surface area contributed by atoms with E-state index in [4.69, 9.17) is 11.6 Å². The molecule has 6 nitrogen and oxygen atoms in total. The summed E-state index contributed by atoms with van der Waals surface area (Å²) in [6.45, 7) is 5.01. The number of anilines is 1. The monoisotopic (exact) mass is 405 g/mol. The van der Waals surface area contributed by atoms with Gasteiger partial charge in [0.25, 0.3) is 11.6 Å². The van der Waals surface area contributed by atoms with Crippen molar-refractivity contribution in [1.82, 2.24) is 4.90 Å². The van der Waals surface area contributed by atoms with Gasteiger partial charge in [-0.25, -0.2) is 0 Å². The fourth-order valence-electron chi connectivity index (χ4n) is 2.97. The molecule has 0 aromatic heterocycles. The van der Waals surface area contributed by atoms with Gasteiger partial charge in [-0.05, 0) is 30.2 Å². The molecule has 2 aromatic carbocycles. The minimum Gasteiger partial charge on any atom is -0.322 e. The van der Waals surface area contributed by atoms with Crippen molar-refractivity contribution < 1.29 is 9.72 Å². The molecule has 0 radical (unpaired) electrons. The van der Waals surface area contributed by atoms with Gasteiger partial charge in [-0.1, -0.05) is 23.7 Å². The first-order valence-electron chi connectivity index (χ1n) is 8.59. The van der Waals surface area contributed by atoms with E-state index in [1.165, 1.54) is 23.8 Å². The number of hydrogen-bond donors (Lipinski definition) is 1. The molecule has 142 valence electrons. The number of amides is 1. The Morgan fingerprint density at radius 1 is 1.26 bits per heavy atom. The van der Waals surface area contributed by atoms with Gasteiger partial charge in [0.05, 0.1) is 15.5 Å². The van der Waals surface area contributed by atoms with Crippen LogP contribution < -0.4 is 5.32 Å². The summed E-state index contributed by atoms with van der Waals surface area (Å²) in [7, 11) is 0. The van der Waals surface area contributed by atoms with E-state index in [9.17, 15) is 14.9 Å². The number of rotatable bonds is 5. The number of halogens is 1. The highest BCUT2D eigenvalue weighted by molar-refractivity contribution is 7.99. The largest absolute Gasteiger partial charge is 0.322 e. The van der Waals surface area contributed by atoms with E-state index in [-0.39, 0.29) is 16.3 Å². The van der Waals surface area contributed by atoms with Crippen LogP contribution in [0.15, 0.2) is 36.4 Å². The quantitative estimate of drug-likeness (QED) is 0.591. The second-order valence-corrected chi connectivity index (χ2v) is 8.05. The highest BCUT2D eigenvalue weighted by Gasteiger charge is 2.17. The van der Waals surface area contributed by atoms with Crippen molar-refractivity contribution in [2.75, 3.05) is 29.9 Å². The number of nitrogens with zero attached hydrogens (tertiary/aromatic N) is 2. The lowest BCUT2D eigenvalue weighted by Crippen LogP contribution is -2.31. The lowest BCUT2D eigenvalue weighted by molar-refractivity contribution is -0.384. The van der Waals surface area contributed by atoms with Crippen molar-refractivity contribution in [3.8, 4) is 0 Å². The number of nitro benzene ring substituents is 1. The number of benzene rings is 2. The summed E-state index contributed by atoms with van der Waals surface area (Å²) >= 11 is 8.03. The average molecular weight is 406 g/mol. The molecule has 1 fully saturated rings. The molecule has 0 aliphatic carbocycles. The van der Waals surface area contributed by atoms with Crippen molar-refractivity contribution in [1.29, 1.82) is 0 Å². The SMILES string of the molecule is Cc1cc(CN2CCSCC2)ccc1NC(=O)c1cc([N+](=O)[O-])ccc1Cl. The van der Waals surface area contributed by atoms with Crippen LogP contribution in [-0.2, 0) is 6.54 Å². The molecular weight excluding hydrogens is 386 g/mol. The summed E-state index contributed by atoms with van der Waals surface area (Å²) in [6.07, 6.45) is 0. The first-order valence-corrected chi connectivity index (χ1v) is 10.1. The van der Waals surface area contributed by atoms with E-state index in [1.807, 2.05) is 30.8 Å². The molecule has 0 bridgehead atoms. The van der Waals surface area contributed by atoms with Gasteiger partial charge in [0.1, 0.15) is 0 Å². The number of thioether (sulfide) groups is 1. The molecule has 1 N–H and O–H groups in total. The van der Waals surface area contributed by atoms with E-state index in [2.05, 4.69) is 16.3 Å². The summed E-state index contributed by atoms with van der Waals surface area (Å²) in [4.78, 5) is 25.3. The fraction of sp³-hybridized carbons (Fsp3) is 0.316. The Balaban J connectivity index is 1.72. The molecular formula is C19H20ClN3O3S. The Hall–Kier alpha value is -2.09. The molecule has 27 heavy (non-hydrogen) atoms. The van der Waals surface area contributed by atoms with Gasteiger partial charge in [0, 0.05) is 49.0 Å². The molecule has 8 heteroatoms. The standard InChI is InChI=1S/C19H20ClN3O3S/c1-13-10-14(12-22-6-8-27-9-7-22)2-5-18(13)21-19(24)16-11-15(23(25)26)3-4-17(16)20/h2-5,10-11H,6-9,12H2,1H3,(H,21,24). The van der Waals surface area contributed by atoms with Gasteiger partial charge in [-0.15, -0.1) is 0 Å². The van der Waals surface area contributed by atoms with Crippen molar-refractivity contribution in [2.24, 2.45) is 0 Å². The van der Waals surface area contributed by atoms with Crippen molar-refractivity contribution in [3.63, 3.8) is 0 Å². The fourth-order valence-corrected chi connectivity index (χ4v) is 4.15. The zero-order valence-electron chi connectivity index (χ0n) is 14.9. The predicted molar refractivity (Wildman–Crippen MR) is 110 cm³/mol. The smallest absolute Gasteiger partial charge is 0.270 e. The molecule has 0 spiro atoms. The minimum atomic E-state index is -0.549. The summed E-state index contributed by atoms with van der Waals surface area (Å²) in [5.41, 5.74) is 2.72. The Labute approximate surface area is 167 Å². The number of aryl methyl sites for hydroxylation is 1. The van der Waals surface area contributed by atoms with E-state index in [1.54, 1.807) is 0 Å². The van der Waals surface area contributed by atoms with E-state index in [0.29, 0.717) is 5.69 Å². The highest BCUT2D eigenvalue weighted by Crippen LogP contribution is 2.25. The molecule has 1 saturated heterocycles. The highest BCUT2D eigenvalue weighted by atomic mass is 35.5. The number of nitro groups is 1. The van der Waals surface area contributed by atoms with Crippen molar-refractivity contribution in [2.45, 2.75) is 13.5 Å². The maximum atomic E-state index is 12.5. The van der Waals surface area contributed by atoms with Crippen LogP contribution in [0.5, 0.6) is 0 Å². The van der Waals surface area contributed by atoms with E-state index >= 15 is 0 Å². The zero-order chi connectivity index (χ0) is 19.4. The molecule has 0 unspecified atom stereocenters. The molecule has 1 aliphatic heterocycles. The Morgan fingerprint density at radius 2 is 2.00 bits per heavy atom. The van der Waals surface area contributed by atoms with Gasteiger partial charge in [-0.2, -0.15) is 11.8 Å². The molecule has 0 saturated carbocycles. The number of hydrogen-bond acceptors (Lipinski definition) is 5. The molecule has 0 atom stereocenters. The van der Waals surface area contributed by atoms with Crippen LogP contribution >= 0.6 is 23.4 Å². The molecule has 1 heterocycles. The number of non-ortho nitro benzene ring substituents is 1. The lowest BCUT2D eigenvalue weighted by Gasteiger charge is -2.26. The van der Waals surface area contributed by atoms with Crippen LogP contribution in [-0.4, -0.2) is 40.3 Å². The van der Waals surface area contributed by atoms with Gasteiger partial charge in [0.15, 0.2) is 0 Å². The third-order valence-electron chi connectivity index (χ3n) is 4.45. The maximum absolute atomic E-state index is 12.5. The normalized spacial score (nSPS) is 14.7. The Morgan fingerprint density at radius 3 is 2.67 bits per heavy atom.